The third-order valence-electron chi connectivity index (χ3n) is 7.04. The molecule has 43 heavy (non-hydrogen) atoms. The van der Waals surface area contributed by atoms with E-state index in [1.807, 2.05) is 49.4 Å². The number of hydrogen-bond acceptors (Lipinski definition) is 9. The van der Waals surface area contributed by atoms with Gasteiger partial charge in [0.15, 0.2) is 29.5 Å². The van der Waals surface area contributed by atoms with E-state index in [4.69, 9.17) is 18.9 Å². The highest BCUT2D eigenvalue weighted by molar-refractivity contribution is 5.95. The van der Waals surface area contributed by atoms with E-state index in [-0.39, 0.29) is 24.6 Å². The van der Waals surface area contributed by atoms with Crippen molar-refractivity contribution in [2.45, 2.75) is 44.4 Å². The van der Waals surface area contributed by atoms with Gasteiger partial charge in [-0.15, -0.1) is 0 Å². The summed E-state index contributed by atoms with van der Waals surface area (Å²) in [5, 5.41) is 14.7. The molecule has 0 bridgehead atoms. The molecule has 5 atom stereocenters. The molecule has 6 rings (SSSR count). The lowest BCUT2D eigenvalue weighted by Crippen LogP contribution is -2.31. The van der Waals surface area contributed by atoms with Gasteiger partial charge in [0, 0.05) is 6.54 Å². The molecular formula is C30H30N6O7. The summed E-state index contributed by atoms with van der Waals surface area (Å²) in [6, 6.07) is 16.0. The number of benzene rings is 2. The molecule has 2 saturated heterocycles. The fraction of sp³-hybridized carbons (Fsp3) is 0.300. The van der Waals surface area contributed by atoms with E-state index in [0.717, 1.165) is 11.1 Å². The highest BCUT2D eigenvalue weighted by Gasteiger charge is 2.53. The number of carboxylic acids is 1. The van der Waals surface area contributed by atoms with E-state index in [1.165, 1.54) is 12.4 Å². The summed E-state index contributed by atoms with van der Waals surface area (Å²) in [6.45, 7) is 2.63. The van der Waals surface area contributed by atoms with Crippen molar-refractivity contribution in [2.24, 2.45) is 0 Å². The lowest BCUT2D eigenvalue weighted by molar-refractivity contribution is -0.139. The lowest BCUT2D eigenvalue weighted by Gasteiger charge is -2.20. The van der Waals surface area contributed by atoms with Crippen LogP contribution in [0.4, 0.5) is 10.6 Å². The molecule has 0 spiro atoms. The number of imidazole rings is 1. The Morgan fingerprint density at radius 3 is 2.70 bits per heavy atom. The van der Waals surface area contributed by atoms with Crippen LogP contribution in [0.15, 0.2) is 73.3 Å². The number of nitrogens with zero attached hydrogens (tertiary/aromatic N) is 4. The Morgan fingerprint density at radius 2 is 1.88 bits per heavy atom. The smallest absolute Gasteiger partial charge is 0.335 e. The summed E-state index contributed by atoms with van der Waals surface area (Å²) in [6.07, 6.45) is 3.88. The molecule has 3 N–H and O–H groups in total. The molecule has 222 valence electrons. The van der Waals surface area contributed by atoms with Crippen LogP contribution in [-0.2, 0) is 25.6 Å². The topological polar surface area (TPSA) is 159 Å². The van der Waals surface area contributed by atoms with Crippen molar-refractivity contribution in [3.05, 3.63) is 90.0 Å². The highest BCUT2D eigenvalue weighted by Crippen LogP contribution is 2.41. The van der Waals surface area contributed by atoms with E-state index in [2.05, 4.69) is 25.6 Å². The fourth-order valence-corrected chi connectivity index (χ4v) is 5.09. The third kappa shape index (κ3) is 6.24. The van der Waals surface area contributed by atoms with Gasteiger partial charge in [-0.25, -0.2) is 24.5 Å². The van der Waals surface area contributed by atoms with Crippen LogP contribution in [-0.4, -0.2) is 74.4 Å². The van der Waals surface area contributed by atoms with Crippen molar-refractivity contribution in [1.29, 1.82) is 0 Å². The Labute approximate surface area is 246 Å². The Hall–Kier alpha value is -4.69. The summed E-state index contributed by atoms with van der Waals surface area (Å²) >= 11 is 0. The second-order valence-electron chi connectivity index (χ2n) is 9.96. The maximum absolute atomic E-state index is 12.1. The molecule has 2 aromatic heterocycles. The predicted octanol–water partition coefficient (Wildman–Crippen LogP) is 3.60. The molecule has 2 amide bonds. The normalized spacial score (nSPS) is 23.0. The van der Waals surface area contributed by atoms with E-state index in [9.17, 15) is 14.7 Å². The van der Waals surface area contributed by atoms with Crippen molar-refractivity contribution < 1.29 is 33.6 Å². The zero-order chi connectivity index (χ0) is 29.8. The van der Waals surface area contributed by atoms with Gasteiger partial charge in [-0.1, -0.05) is 48.5 Å². The number of rotatable bonds is 10. The Bertz CT molecular complexity index is 1630. The molecule has 4 heterocycles. The van der Waals surface area contributed by atoms with Gasteiger partial charge < -0.3 is 29.4 Å². The Kier molecular flexibility index (Phi) is 8.38. The molecule has 5 unspecified atom stereocenters. The van der Waals surface area contributed by atoms with Crippen molar-refractivity contribution in [3.63, 3.8) is 0 Å². The minimum absolute atomic E-state index is 0.166. The van der Waals surface area contributed by atoms with Crippen LogP contribution in [0.3, 0.4) is 0 Å². The number of carboxylic acid groups (broad SMARTS) is 1. The number of urea groups is 1. The Balaban J connectivity index is 1.23. The second-order valence-corrected chi connectivity index (χ2v) is 9.96. The number of fused-ring (bicyclic) bond motifs is 2. The van der Waals surface area contributed by atoms with Gasteiger partial charge in [0.1, 0.15) is 24.6 Å². The number of hydrogen-bond donors (Lipinski definition) is 3. The van der Waals surface area contributed by atoms with Crippen LogP contribution >= 0.6 is 0 Å². The number of carbonyl (C=O) groups is 2. The molecule has 4 aromatic rings. The van der Waals surface area contributed by atoms with E-state index < -0.39 is 42.8 Å². The number of carbonyl (C=O) groups excluding carboxylic acids is 1. The summed E-state index contributed by atoms with van der Waals surface area (Å²) in [4.78, 5) is 36.5. The summed E-state index contributed by atoms with van der Waals surface area (Å²) < 4.78 is 26.8. The maximum atomic E-state index is 12.1. The highest BCUT2D eigenvalue weighted by atomic mass is 16.8. The molecule has 2 aliphatic rings. The maximum Gasteiger partial charge on any atom is 0.335 e. The first-order valence-corrected chi connectivity index (χ1v) is 13.8. The molecule has 0 saturated carbocycles. The van der Waals surface area contributed by atoms with Gasteiger partial charge in [0.25, 0.3) is 0 Å². The fourth-order valence-electron chi connectivity index (χ4n) is 5.09. The van der Waals surface area contributed by atoms with Crippen LogP contribution < -0.4 is 10.6 Å². The first kappa shape index (κ1) is 28.4. The van der Waals surface area contributed by atoms with Gasteiger partial charge in [0.05, 0.1) is 25.1 Å². The molecule has 2 aromatic carbocycles. The third-order valence-corrected chi connectivity index (χ3v) is 7.04. The van der Waals surface area contributed by atoms with Crippen molar-refractivity contribution >= 4 is 35.1 Å². The molecule has 13 nitrogen and oxygen atoms in total. The minimum atomic E-state index is -1.00. The molecule has 0 aliphatic carbocycles. The predicted molar refractivity (Wildman–Crippen MR) is 154 cm³/mol. The molecule has 2 fully saturated rings. The van der Waals surface area contributed by atoms with Crippen LogP contribution in [0, 0.1) is 0 Å². The summed E-state index contributed by atoms with van der Waals surface area (Å²) in [7, 11) is 0. The van der Waals surface area contributed by atoms with Gasteiger partial charge >= 0.3 is 12.0 Å². The average molecular weight is 587 g/mol. The van der Waals surface area contributed by atoms with Crippen molar-refractivity contribution in [1.82, 2.24) is 24.8 Å². The first-order chi connectivity index (χ1) is 21.0. The average Bonchev–Trinajstić information content (AvgIpc) is 3.72. The van der Waals surface area contributed by atoms with Gasteiger partial charge in [0.2, 0.25) is 0 Å². The summed E-state index contributed by atoms with van der Waals surface area (Å²) in [5.74, 6) is -0.738. The van der Waals surface area contributed by atoms with Crippen LogP contribution in [0.25, 0.3) is 17.2 Å². The number of ether oxygens (including phenoxy) is 4. The molecular weight excluding hydrogens is 556 g/mol. The van der Waals surface area contributed by atoms with Crippen molar-refractivity contribution in [3.8, 4) is 0 Å². The van der Waals surface area contributed by atoms with E-state index in [1.54, 1.807) is 29.1 Å². The zero-order valence-electron chi connectivity index (χ0n) is 23.2. The first-order valence-electron chi connectivity index (χ1n) is 13.8. The number of aromatic carboxylic acids is 1. The number of anilines is 1. The minimum Gasteiger partial charge on any atom is -0.478 e. The van der Waals surface area contributed by atoms with Crippen molar-refractivity contribution in [2.75, 3.05) is 18.5 Å². The standard InChI is InChI=1S/C30H30N6O7/c1-2-31-30(39)35-26-23-27(33-16-32-26)36(17-34-23)28-25-24(42-22(43-25)12-11-18-7-4-3-5-8-18)21(41-28)15-40-14-19-9-6-10-20(13-19)29(37)38/h3-13,16-17,21-22,24-25,28H,2,14-15H2,1H3,(H,37,38)(H2,31,32,33,35,39). The lowest BCUT2D eigenvalue weighted by atomic mass is 10.1. The largest absolute Gasteiger partial charge is 0.478 e. The van der Waals surface area contributed by atoms with E-state index in [0.29, 0.717) is 17.7 Å². The number of aromatic nitrogens is 4. The van der Waals surface area contributed by atoms with Crippen LogP contribution in [0.2, 0.25) is 0 Å². The molecule has 0 radical (unpaired) electrons. The summed E-state index contributed by atoms with van der Waals surface area (Å²) in [5.41, 5.74) is 2.76. The van der Waals surface area contributed by atoms with Gasteiger partial charge in [-0.3, -0.25) is 9.88 Å². The number of amides is 2. The number of nitrogens with one attached hydrogen (secondary N) is 2. The SMILES string of the molecule is CCNC(=O)Nc1ncnc2c1ncn2C1OC(COCc2cccc(C(=O)O)c2)C2OC(C=Cc3ccccc3)OC21. The zero-order valence-corrected chi connectivity index (χ0v) is 23.2. The second kappa shape index (κ2) is 12.7. The van der Waals surface area contributed by atoms with E-state index >= 15 is 0 Å². The monoisotopic (exact) mass is 586 g/mol. The molecule has 13 heteroatoms. The van der Waals surface area contributed by atoms with Gasteiger partial charge in [-0.2, -0.15) is 0 Å². The Morgan fingerprint density at radius 1 is 1.05 bits per heavy atom. The quantitative estimate of drug-likeness (QED) is 0.251. The van der Waals surface area contributed by atoms with Crippen LogP contribution in [0.5, 0.6) is 0 Å². The van der Waals surface area contributed by atoms with Crippen LogP contribution in [0.1, 0.15) is 34.6 Å². The molecule has 2 aliphatic heterocycles. The van der Waals surface area contributed by atoms with Gasteiger partial charge in [-0.05, 0) is 36.3 Å².